The number of nitriles is 1. The Morgan fingerprint density at radius 3 is 2.75 bits per heavy atom. The highest BCUT2D eigenvalue weighted by Gasteiger charge is 2.10. The number of fused-ring (bicyclic) bond motifs is 1. The Morgan fingerprint density at radius 2 is 2.12 bits per heavy atom. The zero-order chi connectivity index (χ0) is 11.7. The summed E-state index contributed by atoms with van der Waals surface area (Å²) in [5.74, 6) is 0.202. The molecular formula is C12H11N3O. The van der Waals surface area contributed by atoms with Crippen molar-refractivity contribution in [1.29, 1.82) is 5.26 Å². The molecule has 0 atom stereocenters. The van der Waals surface area contributed by atoms with Crippen LogP contribution in [0.5, 0.6) is 0 Å². The first-order chi connectivity index (χ1) is 7.63. The van der Waals surface area contributed by atoms with Crippen LogP contribution in [-0.2, 0) is 0 Å². The summed E-state index contributed by atoms with van der Waals surface area (Å²) in [6, 6.07) is 7.09. The van der Waals surface area contributed by atoms with Crippen LogP contribution >= 0.6 is 0 Å². The van der Waals surface area contributed by atoms with Gasteiger partial charge in [0.25, 0.3) is 5.56 Å². The summed E-state index contributed by atoms with van der Waals surface area (Å²) in [7, 11) is 0. The molecule has 80 valence electrons. The maximum Gasteiger partial charge on any atom is 0.272 e. The van der Waals surface area contributed by atoms with Crippen molar-refractivity contribution in [3.63, 3.8) is 0 Å². The number of rotatable bonds is 1. The number of hydrogen-bond donors (Lipinski definition) is 1. The molecule has 0 bridgehead atoms. The average Bonchev–Trinajstić information content (AvgIpc) is 2.28. The zero-order valence-corrected chi connectivity index (χ0v) is 9.11. The minimum atomic E-state index is -0.219. The van der Waals surface area contributed by atoms with Gasteiger partial charge in [-0.25, -0.2) is 5.10 Å². The Balaban J connectivity index is 2.90. The lowest BCUT2D eigenvalue weighted by Gasteiger charge is -2.07. The third-order valence-electron chi connectivity index (χ3n) is 2.49. The molecule has 4 nitrogen and oxygen atoms in total. The minimum absolute atomic E-state index is 0.202. The summed E-state index contributed by atoms with van der Waals surface area (Å²) in [5, 5.41) is 16.7. The van der Waals surface area contributed by atoms with E-state index >= 15 is 0 Å². The average molecular weight is 213 g/mol. The van der Waals surface area contributed by atoms with E-state index in [2.05, 4.69) is 16.3 Å². The van der Waals surface area contributed by atoms with Gasteiger partial charge in [-0.1, -0.05) is 13.8 Å². The van der Waals surface area contributed by atoms with Crippen molar-refractivity contribution in [2.45, 2.75) is 19.8 Å². The standard InChI is InChI=1S/C12H11N3O/c1-7(2)11-10-5-8(6-13)3-4-9(10)12(16)15-14-11/h3-5,7H,1-2H3,(H,15,16). The van der Waals surface area contributed by atoms with Crippen molar-refractivity contribution in [3.8, 4) is 6.07 Å². The lowest BCUT2D eigenvalue weighted by atomic mass is 10.0. The number of H-pyrrole nitrogens is 1. The van der Waals surface area contributed by atoms with Crippen LogP contribution in [-0.4, -0.2) is 10.2 Å². The van der Waals surface area contributed by atoms with E-state index < -0.39 is 0 Å². The predicted molar refractivity (Wildman–Crippen MR) is 61.2 cm³/mol. The van der Waals surface area contributed by atoms with Gasteiger partial charge in [-0.2, -0.15) is 10.4 Å². The van der Waals surface area contributed by atoms with Gasteiger partial charge in [0.1, 0.15) is 0 Å². The van der Waals surface area contributed by atoms with Crippen molar-refractivity contribution in [2.75, 3.05) is 0 Å². The minimum Gasteiger partial charge on any atom is -0.267 e. The topological polar surface area (TPSA) is 69.5 Å². The van der Waals surface area contributed by atoms with Gasteiger partial charge in [0.2, 0.25) is 0 Å². The highest BCUT2D eigenvalue weighted by Crippen LogP contribution is 2.21. The highest BCUT2D eigenvalue weighted by molar-refractivity contribution is 5.85. The van der Waals surface area contributed by atoms with Crippen LogP contribution in [0.3, 0.4) is 0 Å². The smallest absolute Gasteiger partial charge is 0.267 e. The Morgan fingerprint density at radius 1 is 1.38 bits per heavy atom. The molecule has 0 aliphatic rings. The van der Waals surface area contributed by atoms with Gasteiger partial charge in [-0.3, -0.25) is 4.79 Å². The van der Waals surface area contributed by atoms with Crippen LogP contribution in [0.4, 0.5) is 0 Å². The van der Waals surface area contributed by atoms with Crippen LogP contribution in [0.1, 0.15) is 31.0 Å². The van der Waals surface area contributed by atoms with E-state index in [4.69, 9.17) is 5.26 Å². The maximum absolute atomic E-state index is 11.6. The Bertz CT molecular complexity index is 635. The quantitative estimate of drug-likeness (QED) is 0.786. The molecule has 0 radical (unpaired) electrons. The Labute approximate surface area is 92.5 Å². The highest BCUT2D eigenvalue weighted by atomic mass is 16.1. The molecule has 1 aromatic carbocycles. The molecule has 0 saturated carbocycles. The predicted octanol–water partition coefficient (Wildman–Crippen LogP) is 1.92. The second-order valence-electron chi connectivity index (χ2n) is 3.96. The first kappa shape index (κ1) is 10.4. The summed E-state index contributed by atoms with van der Waals surface area (Å²) in [6.07, 6.45) is 0. The van der Waals surface area contributed by atoms with E-state index in [9.17, 15) is 4.79 Å². The molecule has 2 rings (SSSR count). The third-order valence-corrected chi connectivity index (χ3v) is 2.49. The molecular weight excluding hydrogens is 202 g/mol. The monoisotopic (exact) mass is 213 g/mol. The molecule has 0 fully saturated rings. The second kappa shape index (κ2) is 3.78. The summed E-state index contributed by atoms with van der Waals surface area (Å²) < 4.78 is 0. The molecule has 0 amide bonds. The van der Waals surface area contributed by atoms with Crippen molar-refractivity contribution in [1.82, 2.24) is 10.2 Å². The number of hydrogen-bond acceptors (Lipinski definition) is 3. The van der Waals surface area contributed by atoms with E-state index in [-0.39, 0.29) is 11.5 Å². The molecule has 1 aromatic heterocycles. The van der Waals surface area contributed by atoms with Crippen LogP contribution in [0.25, 0.3) is 10.8 Å². The molecule has 1 N–H and O–H groups in total. The molecule has 0 saturated heterocycles. The lowest BCUT2D eigenvalue weighted by Crippen LogP contribution is -2.11. The molecule has 0 aliphatic carbocycles. The summed E-state index contributed by atoms with van der Waals surface area (Å²) >= 11 is 0. The van der Waals surface area contributed by atoms with E-state index in [0.717, 1.165) is 11.1 Å². The van der Waals surface area contributed by atoms with Gasteiger partial charge in [0, 0.05) is 5.39 Å². The van der Waals surface area contributed by atoms with E-state index in [0.29, 0.717) is 10.9 Å². The van der Waals surface area contributed by atoms with Gasteiger partial charge in [0.05, 0.1) is 22.7 Å². The molecule has 4 heteroatoms. The van der Waals surface area contributed by atoms with Crippen LogP contribution in [0, 0.1) is 11.3 Å². The first-order valence-corrected chi connectivity index (χ1v) is 5.06. The third kappa shape index (κ3) is 1.57. The largest absolute Gasteiger partial charge is 0.272 e. The molecule has 2 aromatic rings. The van der Waals surface area contributed by atoms with Gasteiger partial charge in [-0.15, -0.1) is 0 Å². The van der Waals surface area contributed by atoms with Gasteiger partial charge < -0.3 is 0 Å². The summed E-state index contributed by atoms with van der Waals surface area (Å²) in [6.45, 7) is 4.00. The second-order valence-corrected chi connectivity index (χ2v) is 3.96. The summed E-state index contributed by atoms with van der Waals surface area (Å²) in [5.41, 5.74) is 1.14. The number of benzene rings is 1. The Kier molecular flexibility index (Phi) is 2.45. The van der Waals surface area contributed by atoms with Gasteiger partial charge >= 0.3 is 0 Å². The van der Waals surface area contributed by atoms with E-state index in [1.54, 1.807) is 18.2 Å². The van der Waals surface area contributed by atoms with Crippen LogP contribution in [0.15, 0.2) is 23.0 Å². The number of aromatic amines is 1. The lowest BCUT2D eigenvalue weighted by molar-refractivity contribution is 0.792. The summed E-state index contributed by atoms with van der Waals surface area (Å²) in [4.78, 5) is 11.6. The number of nitrogens with one attached hydrogen (secondary N) is 1. The molecule has 0 aliphatic heterocycles. The zero-order valence-electron chi connectivity index (χ0n) is 9.11. The fourth-order valence-corrected chi connectivity index (χ4v) is 1.70. The fourth-order valence-electron chi connectivity index (χ4n) is 1.70. The molecule has 0 spiro atoms. The van der Waals surface area contributed by atoms with Crippen molar-refractivity contribution in [2.24, 2.45) is 0 Å². The SMILES string of the molecule is CC(C)c1n[nH]c(=O)c2ccc(C#N)cc12. The van der Waals surface area contributed by atoms with Crippen molar-refractivity contribution < 1.29 is 0 Å². The van der Waals surface area contributed by atoms with E-state index in [1.165, 1.54) is 0 Å². The Hall–Kier alpha value is -2.15. The number of aromatic nitrogens is 2. The van der Waals surface area contributed by atoms with Crippen LogP contribution < -0.4 is 5.56 Å². The van der Waals surface area contributed by atoms with Crippen molar-refractivity contribution in [3.05, 3.63) is 39.8 Å². The first-order valence-electron chi connectivity index (χ1n) is 5.06. The molecule has 1 heterocycles. The van der Waals surface area contributed by atoms with Crippen molar-refractivity contribution >= 4 is 10.8 Å². The van der Waals surface area contributed by atoms with Gasteiger partial charge in [0.15, 0.2) is 0 Å². The van der Waals surface area contributed by atoms with E-state index in [1.807, 2.05) is 13.8 Å². The maximum atomic E-state index is 11.6. The number of nitrogens with zero attached hydrogens (tertiary/aromatic N) is 2. The normalized spacial score (nSPS) is 10.6. The van der Waals surface area contributed by atoms with Gasteiger partial charge in [-0.05, 0) is 24.1 Å². The molecule has 16 heavy (non-hydrogen) atoms. The molecule has 0 unspecified atom stereocenters. The fraction of sp³-hybridized carbons (Fsp3) is 0.250. The van der Waals surface area contributed by atoms with Crippen LogP contribution in [0.2, 0.25) is 0 Å².